The average molecular weight is 240 g/mol. The molecule has 1 saturated carbocycles. The molecular weight excluding hydrogens is 226 g/mol. The van der Waals surface area contributed by atoms with Gasteiger partial charge in [0, 0.05) is 12.1 Å². The van der Waals surface area contributed by atoms with Crippen molar-refractivity contribution in [2.24, 2.45) is 5.73 Å². The molecule has 0 spiro atoms. The summed E-state index contributed by atoms with van der Waals surface area (Å²) < 4.78 is 26.7. The molecule has 5 heteroatoms. The average Bonchev–Trinajstić information content (AvgIpc) is 2.64. The van der Waals surface area contributed by atoms with E-state index in [1.165, 1.54) is 6.07 Å². The first-order valence-corrected chi connectivity index (χ1v) is 5.60. The molecule has 1 fully saturated rings. The molecule has 0 radical (unpaired) electrons. The lowest BCUT2D eigenvalue weighted by Gasteiger charge is -2.17. The van der Waals surface area contributed by atoms with Crippen LogP contribution in [0.15, 0.2) is 18.2 Å². The number of carbonyl (C=O) groups is 1. The fraction of sp³-hybridized carbons (Fsp3) is 0.417. The summed E-state index contributed by atoms with van der Waals surface area (Å²) in [7, 11) is 0. The van der Waals surface area contributed by atoms with Gasteiger partial charge in [0.05, 0.1) is 0 Å². The summed E-state index contributed by atoms with van der Waals surface area (Å²) in [6.45, 7) is 0. The van der Waals surface area contributed by atoms with Crippen LogP contribution in [0, 0.1) is 11.6 Å². The maximum absolute atomic E-state index is 13.3. The topological polar surface area (TPSA) is 55.1 Å². The van der Waals surface area contributed by atoms with E-state index in [0.717, 1.165) is 31.4 Å². The fourth-order valence-electron chi connectivity index (χ4n) is 2.12. The van der Waals surface area contributed by atoms with Crippen molar-refractivity contribution >= 4 is 5.91 Å². The highest BCUT2D eigenvalue weighted by Gasteiger charge is 2.27. The Labute approximate surface area is 98.0 Å². The van der Waals surface area contributed by atoms with Gasteiger partial charge >= 0.3 is 0 Å². The minimum Gasteiger partial charge on any atom is -0.348 e. The van der Waals surface area contributed by atoms with Crippen molar-refractivity contribution in [1.29, 1.82) is 0 Å². The number of rotatable bonds is 2. The zero-order chi connectivity index (χ0) is 12.4. The van der Waals surface area contributed by atoms with Crippen LogP contribution in [0.25, 0.3) is 0 Å². The van der Waals surface area contributed by atoms with Gasteiger partial charge in [0.25, 0.3) is 5.91 Å². The Morgan fingerprint density at radius 2 is 1.94 bits per heavy atom. The quantitative estimate of drug-likeness (QED) is 0.824. The SMILES string of the molecule is N[C@H]1CCC[C@@H]1NC(=O)c1c(F)cccc1F. The molecule has 0 unspecified atom stereocenters. The van der Waals surface area contributed by atoms with Crippen molar-refractivity contribution in [3.05, 3.63) is 35.4 Å². The van der Waals surface area contributed by atoms with Crippen LogP contribution < -0.4 is 11.1 Å². The molecule has 3 N–H and O–H groups in total. The van der Waals surface area contributed by atoms with E-state index in [4.69, 9.17) is 5.73 Å². The maximum atomic E-state index is 13.3. The molecule has 0 saturated heterocycles. The van der Waals surface area contributed by atoms with Gasteiger partial charge in [-0.05, 0) is 31.4 Å². The van der Waals surface area contributed by atoms with Gasteiger partial charge < -0.3 is 11.1 Å². The van der Waals surface area contributed by atoms with Crippen LogP contribution in [0.4, 0.5) is 8.78 Å². The monoisotopic (exact) mass is 240 g/mol. The van der Waals surface area contributed by atoms with Gasteiger partial charge in [-0.25, -0.2) is 8.78 Å². The minimum atomic E-state index is -0.853. The van der Waals surface area contributed by atoms with Crippen LogP contribution in [0.5, 0.6) is 0 Å². The highest BCUT2D eigenvalue weighted by molar-refractivity contribution is 5.95. The second-order valence-corrected chi connectivity index (χ2v) is 4.27. The van der Waals surface area contributed by atoms with E-state index < -0.39 is 23.1 Å². The van der Waals surface area contributed by atoms with Crippen molar-refractivity contribution in [2.45, 2.75) is 31.3 Å². The van der Waals surface area contributed by atoms with Crippen molar-refractivity contribution in [2.75, 3.05) is 0 Å². The number of hydrogen-bond acceptors (Lipinski definition) is 2. The second kappa shape index (κ2) is 4.79. The minimum absolute atomic E-state index is 0.131. The van der Waals surface area contributed by atoms with Gasteiger partial charge in [0.1, 0.15) is 17.2 Å². The van der Waals surface area contributed by atoms with Crippen LogP contribution in [-0.4, -0.2) is 18.0 Å². The lowest BCUT2D eigenvalue weighted by molar-refractivity contribution is 0.0926. The molecule has 2 rings (SSSR count). The van der Waals surface area contributed by atoms with Crippen LogP contribution >= 0.6 is 0 Å². The molecule has 1 amide bonds. The van der Waals surface area contributed by atoms with Crippen molar-refractivity contribution in [1.82, 2.24) is 5.32 Å². The van der Waals surface area contributed by atoms with Gasteiger partial charge in [-0.1, -0.05) is 6.07 Å². The molecule has 1 aliphatic rings. The van der Waals surface area contributed by atoms with Crippen LogP contribution in [0.1, 0.15) is 29.6 Å². The van der Waals surface area contributed by atoms with E-state index in [1.807, 2.05) is 0 Å². The highest BCUT2D eigenvalue weighted by atomic mass is 19.1. The predicted octanol–water partition coefficient (Wildman–Crippen LogP) is 1.57. The number of nitrogens with two attached hydrogens (primary N) is 1. The summed E-state index contributed by atoms with van der Waals surface area (Å²) >= 11 is 0. The summed E-state index contributed by atoms with van der Waals surface area (Å²) in [6, 6.07) is 3.03. The van der Waals surface area contributed by atoms with E-state index in [0.29, 0.717) is 0 Å². The largest absolute Gasteiger partial charge is 0.348 e. The third-order valence-electron chi connectivity index (χ3n) is 3.08. The number of benzene rings is 1. The molecule has 0 heterocycles. The van der Waals surface area contributed by atoms with Crippen LogP contribution in [-0.2, 0) is 0 Å². The van der Waals surface area contributed by atoms with Crippen molar-refractivity contribution in [3.63, 3.8) is 0 Å². The first-order valence-electron chi connectivity index (χ1n) is 5.60. The summed E-state index contributed by atoms with van der Waals surface area (Å²) in [5.74, 6) is -2.44. The van der Waals surface area contributed by atoms with Gasteiger partial charge in [0.2, 0.25) is 0 Å². The number of carbonyl (C=O) groups excluding carboxylic acids is 1. The normalized spacial score (nSPS) is 23.7. The Balaban J connectivity index is 2.14. The third-order valence-corrected chi connectivity index (χ3v) is 3.08. The Morgan fingerprint density at radius 3 is 2.47 bits per heavy atom. The lowest BCUT2D eigenvalue weighted by atomic mass is 10.1. The van der Waals surface area contributed by atoms with E-state index >= 15 is 0 Å². The van der Waals surface area contributed by atoms with Gasteiger partial charge in [-0.2, -0.15) is 0 Å². The Kier molecular flexibility index (Phi) is 3.38. The smallest absolute Gasteiger partial charge is 0.257 e. The summed E-state index contributed by atoms with van der Waals surface area (Å²) in [4.78, 5) is 11.7. The molecule has 1 aliphatic carbocycles. The van der Waals surface area contributed by atoms with E-state index in [-0.39, 0.29) is 12.1 Å². The molecule has 2 atom stereocenters. The third kappa shape index (κ3) is 2.44. The van der Waals surface area contributed by atoms with Gasteiger partial charge in [0.15, 0.2) is 0 Å². The lowest BCUT2D eigenvalue weighted by Crippen LogP contribution is -2.44. The van der Waals surface area contributed by atoms with Crippen molar-refractivity contribution in [3.8, 4) is 0 Å². The van der Waals surface area contributed by atoms with Gasteiger partial charge in [-0.15, -0.1) is 0 Å². The van der Waals surface area contributed by atoms with E-state index in [2.05, 4.69) is 5.32 Å². The molecule has 1 aromatic rings. The first kappa shape index (κ1) is 12.0. The number of nitrogens with one attached hydrogen (secondary N) is 1. The zero-order valence-electron chi connectivity index (χ0n) is 9.25. The molecule has 0 aromatic heterocycles. The Bertz CT molecular complexity index is 416. The standard InChI is InChI=1S/C12H14F2N2O/c13-7-3-1-4-8(14)11(7)12(17)16-10-6-2-5-9(10)15/h1,3-4,9-10H,2,5-6,15H2,(H,16,17)/t9-,10-/m0/s1. The predicted molar refractivity (Wildman–Crippen MR) is 59.4 cm³/mol. The molecule has 1 aromatic carbocycles. The first-order chi connectivity index (χ1) is 8.09. The van der Waals surface area contributed by atoms with Crippen LogP contribution in [0.3, 0.4) is 0 Å². The molecule has 0 aliphatic heterocycles. The summed E-state index contributed by atoms with van der Waals surface area (Å²) in [5.41, 5.74) is 5.24. The van der Waals surface area contributed by atoms with Crippen molar-refractivity contribution < 1.29 is 13.6 Å². The van der Waals surface area contributed by atoms with E-state index in [9.17, 15) is 13.6 Å². The summed E-state index contributed by atoms with van der Waals surface area (Å²) in [6.07, 6.45) is 2.50. The van der Waals surface area contributed by atoms with Crippen LogP contribution in [0.2, 0.25) is 0 Å². The van der Waals surface area contributed by atoms with E-state index in [1.54, 1.807) is 0 Å². The Morgan fingerprint density at radius 1 is 1.29 bits per heavy atom. The molecule has 92 valence electrons. The zero-order valence-corrected chi connectivity index (χ0v) is 9.25. The maximum Gasteiger partial charge on any atom is 0.257 e. The summed E-state index contributed by atoms with van der Waals surface area (Å²) in [5, 5.41) is 2.58. The number of amides is 1. The number of halogens is 2. The molecular formula is C12H14F2N2O. The molecule has 17 heavy (non-hydrogen) atoms. The Hall–Kier alpha value is -1.49. The van der Waals surface area contributed by atoms with Gasteiger partial charge in [-0.3, -0.25) is 4.79 Å². The molecule has 3 nitrogen and oxygen atoms in total. The number of hydrogen-bond donors (Lipinski definition) is 2. The fourth-order valence-corrected chi connectivity index (χ4v) is 2.12. The molecule has 0 bridgehead atoms. The second-order valence-electron chi connectivity index (χ2n) is 4.27. The highest BCUT2D eigenvalue weighted by Crippen LogP contribution is 2.18.